The van der Waals surface area contributed by atoms with Gasteiger partial charge in [-0.15, -0.1) is 12.6 Å². The van der Waals surface area contributed by atoms with Gasteiger partial charge < -0.3 is 15.8 Å². The molecule has 4 nitrogen and oxygen atoms in total. The highest BCUT2D eigenvalue weighted by molar-refractivity contribution is 7.80. The Morgan fingerprint density at radius 3 is 2.39 bits per heavy atom. The fraction of sp³-hybridized carbons (Fsp3) is 0.0435. The summed E-state index contributed by atoms with van der Waals surface area (Å²) in [7, 11) is 0. The third kappa shape index (κ3) is 2.90. The molecule has 0 aromatic heterocycles. The zero-order chi connectivity index (χ0) is 19.8. The van der Waals surface area contributed by atoms with Crippen LogP contribution in [0, 0.1) is 0 Å². The highest BCUT2D eigenvalue weighted by Gasteiger charge is 2.31. The third-order valence-corrected chi connectivity index (χ3v) is 5.29. The Hall–Kier alpha value is -3.31. The summed E-state index contributed by atoms with van der Waals surface area (Å²) in [5, 5.41) is 3.30. The van der Waals surface area contributed by atoms with Crippen LogP contribution in [0.25, 0.3) is 5.57 Å². The lowest BCUT2D eigenvalue weighted by Crippen LogP contribution is -2.18. The predicted octanol–water partition coefficient (Wildman–Crippen LogP) is 4.65. The number of nitrogens with one attached hydrogen (secondary N) is 1. The molecule has 0 unspecified atom stereocenters. The molecule has 1 aliphatic carbocycles. The number of carbonyl (C=O) groups excluding carboxylic acids is 2. The molecule has 5 heteroatoms. The molecule has 0 heterocycles. The summed E-state index contributed by atoms with van der Waals surface area (Å²) in [5.41, 5.74) is 12.3. The highest BCUT2D eigenvalue weighted by Crippen LogP contribution is 2.44. The first-order valence-corrected chi connectivity index (χ1v) is 9.24. The molecule has 4 rings (SSSR count). The van der Waals surface area contributed by atoms with Crippen molar-refractivity contribution in [2.24, 2.45) is 0 Å². The first-order chi connectivity index (χ1) is 13.5. The number of aldehydes is 1. The zero-order valence-electron chi connectivity index (χ0n) is 15.0. The normalized spacial score (nSPS) is 12.3. The van der Waals surface area contributed by atoms with Crippen molar-refractivity contribution in [2.45, 2.75) is 11.3 Å². The first-order valence-electron chi connectivity index (χ1n) is 8.79. The van der Waals surface area contributed by atoms with Crippen LogP contribution >= 0.6 is 12.6 Å². The number of ketones is 1. The molecule has 0 spiro atoms. The van der Waals surface area contributed by atoms with Crippen molar-refractivity contribution in [1.82, 2.24) is 0 Å². The molecule has 0 fully saturated rings. The van der Waals surface area contributed by atoms with Crippen LogP contribution in [0.5, 0.6) is 0 Å². The Balaban J connectivity index is 1.84. The number of thiol groups is 1. The van der Waals surface area contributed by atoms with E-state index < -0.39 is 0 Å². The van der Waals surface area contributed by atoms with Crippen molar-refractivity contribution in [3.05, 3.63) is 89.0 Å². The minimum absolute atomic E-state index is 0.0990. The van der Waals surface area contributed by atoms with Crippen LogP contribution in [-0.2, 0) is 11.2 Å². The topological polar surface area (TPSA) is 72.2 Å². The van der Waals surface area contributed by atoms with Gasteiger partial charge in [-0.05, 0) is 34.9 Å². The molecule has 0 radical (unpaired) electrons. The molecule has 0 amide bonds. The number of rotatable bonds is 4. The number of nitrogens with two attached hydrogens (primary N) is 1. The minimum atomic E-state index is -0.0990. The van der Waals surface area contributed by atoms with E-state index in [1.807, 2.05) is 42.5 Å². The van der Waals surface area contributed by atoms with Crippen LogP contribution in [0.15, 0.2) is 66.1 Å². The monoisotopic (exact) mass is 386 g/mol. The second-order valence-electron chi connectivity index (χ2n) is 6.65. The summed E-state index contributed by atoms with van der Waals surface area (Å²) < 4.78 is 0. The molecule has 0 saturated carbocycles. The summed E-state index contributed by atoms with van der Waals surface area (Å²) in [4.78, 5) is 24.5. The Morgan fingerprint density at radius 1 is 1.04 bits per heavy atom. The van der Waals surface area contributed by atoms with E-state index in [2.05, 4.69) is 24.5 Å². The van der Waals surface area contributed by atoms with Gasteiger partial charge in [-0.3, -0.25) is 4.79 Å². The Kier molecular flexibility index (Phi) is 4.53. The standard InChI is InChI=1S/C23H18N2O2S/c1-13-16-4-2-3-5-17(16)23(27)21-18(12-19(28)22(24)20(13)21)25-15-8-6-14(7-9-15)10-11-26/h2-9,11-12,25,28H,1,10,24H2. The fourth-order valence-corrected chi connectivity index (χ4v) is 3.76. The molecule has 138 valence electrons. The van der Waals surface area contributed by atoms with E-state index in [9.17, 15) is 9.59 Å². The SMILES string of the molecule is C=C1c2ccccc2C(=O)c2c(Nc3ccc(CC=O)cc3)cc(S)c(N)c21. The lowest BCUT2D eigenvalue weighted by Gasteiger charge is -2.26. The van der Waals surface area contributed by atoms with E-state index in [-0.39, 0.29) is 5.78 Å². The van der Waals surface area contributed by atoms with Gasteiger partial charge in [0.05, 0.1) is 16.9 Å². The summed E-state index contributed by atoms with van der Waals surface area (Å²) in [5.74, 6) is -0.0990. The van der Waals surface area contributed by atoms with Gasteiger partial charge in [0.25, 0.3) is 0 Å². The van der Waals surface area contributed by atoms with Crippen molar-refractivity contribution in [3.8, 4) is 0 Å². The lowest BCUT2D eigenvalue weighted by atomic mass is 9.80. The number of hydrogen-bond acceptors (Lipinski definition) is 5. The van der Waals surface area contributed by atoms with E-state index in [1.165, 1.54) is 0 Å². The maximum absolute atomic E-state index is 13.3. The molecule has 3 N–H and O–H groups in total. The van der Waals surface area contributed by atoms with Gasteiger partial charge in [0.1, 0.15) is 6.29 Å². The van der Waals surface area contributed by atoms with Gasteiger partial charge in [0.15, 0.2) is 5.78 Å². The second-order valence-corrected chi connectivity index (χ2v) is 7.13. The van der Waals surface area contributed by atoms with E-state index >= 15 is 0 Å². The highest BCUT2D eigenvalue weighted by atomic mass is 32.1. The Morgan fingerprint density at radius 2 is 1.71 bits per heavy atom. The van der Waals surface area contributed by atoms with E-state index in [1.54, 1.807) is 12.1 Å². The number of nitrogen functional groups attached to an aromatic ring is 1. The second kappa shape index (κ2) is 7.02. The quantitative estimate of drug-likeness (QED) is 0.271. The average molecular weight is 386 g/mol. The number of benzene rings is 3. The van der Waals surface area contributed by atoms with Gasteiger partial charge in [-0.2, -0.15) is 0 Å². The Labute approximate surface area is 168 Å². The minimum Gasteiger partial charge on any atom is -0.397 e. The zero-order valence-corrected chi connectivity index (χ0v) is 15.9. The largest absolute Gasteiger partial charge is 0.397 e. The molecular formula is C23H18N2O2S. The van der Waals surface area contributed by atoms with Gasteiger partial charge >= 0.3 is 0 Å². The van der Waals surface area contributed by atoms with Crippen LogP contribution in [0.2, 0.25) is 0 Å². The van der Waals surface area contributed by atoms with Gasteiger partial charge in [0.2, 0.25) is 0 Å². The lowest BCUT2D eigenvalue weighted by molar-refractivity contribution is -0.107. The maximum Gasteiger partial charge on any atom is 0.196 e. The molecular weight excluding hydrogens is 368 g/mol. The third-order valence-electron chi connectivity index (χ3n) is 4.92. The van der Waals surface area contributed by atoms with Crippen molar-refractivity contribution in [2.75, 3.05) is 11.1 Å². The molecule has 0 bridgehead atoms. The van der Waals surface area contributed by atoms with Crippen LogP contribution in [0.3, 0.4) is 0 Å². The van der Waals surface area contributed by atoms with Crippen molar-refractivity contribution >= 4 is 47.3 Å². The molecule has 0 saturated heterocycles. The fourth-order valence-electron chi connectivity index (χ4n) is 3.52. The summed E-state index contributed by atoms with van der Waals surface area (Å²) >= 11 is 4.50. The summed E-state index contributed by atoms with van der Waals surface area (Å²) in [6.07, 6.45) is 1.24. The van der Waals surface area contributed by atoms with Crippen LogP contribution < -0.4 is 11.1 Å². The van der Waals surface area contributed by atoms with Crippen LogP contribution in [-0.4, -0.2) is 12.1 Å². The molecule has 3 aromatic carbocycles. The molecule has 3 aromatic rings. The molecule has 0 atom stereocenters. The predicted molar refractivity (Wildman–Crippen MR) is 116 cm³/mol. The summed E-state index contributed by atoms with van der Waals surface area (Å²) in [6, 6.07) is 16.6. The van der Waals surface area contributed by atoms with Crippen molar-refractivity contribution in [3.63, 3.8) is 0 Å². The molecule has 0 aliphatic heterocycles. The van der Waals surface area contributed by atoms with Gasteiger partial charge in [0, 0.05) is 28.1 Å². The first kappa shape index (κ1) is 18.1. The maximum atomic E-state index is 13.3. The van der Waals surface area contributed by atoms with Gasteiger partial charge in [-0.1, -0.05) is 43.0 Å². The van der Waals surface area contributed by atoms with Crippen LogP contribution in [0.1, 0.15) is 32.6 Å². The number of fused-ring (bicyclic) bond motifs is 2. The van der Waals surface area contributed by atoms with Crippen LogP contribution in [0.4, 0.5) is 17.1 Å². The van der Waals surface area contributed by atoms with Crippen molar-refractivity contribution in [1.29, 1.82) is 0 Å². The smallest absolute Gasteiger partial charge is 0.196 e. The van der Waals surface area contributed by atoms with E-state index in [4.69, 9.17) is 5.73 Å². The number of anilines is 3. The average Bonchev–Trinajstić information content (AvgIpc) is 2.70. The molecule has 1 aliphatic rings. The van der Waals surface area contributed by atoms with Crippen molar-refractivity contribution < 1.29 is 9.59 Å². The van der Waals surface area contributed by atoms with Gasteiger partial charge in [-0.25, -0.2) is 0 Å². The van der Waals surface area contributed by atoms with E-state index in [0.29, 0.717) is 45.0 Å². The number of hydrogen-bond donors (Lipinski definition) is 3. The molecule has 28 heavy (non-hydrogen) atoms. The summed E-state index contributed by atoms with van der Waals surface area (Å²) in [6.45, 7) is 4.19. The Bertz CT molecular complexity index is 1130. The number of carbonyl (C=O) groups is 2. The van der Waals surface area contributed by atoms with E-state index in [0.717, 1.165) is 23.1 Å².